The topological polar surface area (TPSA) is 72.4 Å². The van der Waals surface area contributed by atoms with E-state index in [1.807, 2.05) is 25.8 Å². The lowest BCUT2D eigenvalue weighted by molar-refractivity contribution is -0.132. The van der Waals surface area contributed by atoms with E-state index in [9.17, 15) is 4.79 Å². The fourth-order valence-electron chi connectivity index (χ4n) is 3.19. The smallest absolute Gasteiger partial charge is 0.227 e. The summed E-state index contributed by atoms with van der Waals surface area (Å²) in [6.07, 6.45) is 4.97. The van der Waals surface area contributed by atoms with Crippen LogP contribution in [0.3, 0.4) is 0 Å². The number of hydrogen-bond acceptors (Lipinski definition) is 4. The van der Waals surface area contributed by atoms with E-state index < -0.39 is 0 Å². The Labute approximate surface area is 120 Å². The third kappa shape index (κ3) is 3.03. The van der Waals surface area contributed by atoms with Gasteiger partial charge in [-0.25, -0.2) is 0 Å². The Morgan fingerprint density at radius 2 is 2.10 bits per heavy atom. The number of carbonyl (C=O) groups excluding carboxylic acids is 1. The second kappa shape index (κ2) is 6.39. The minimum Gasteiger partial charge on any atom is -0.361 e. The molecule has 2 rings (SSSR count). The van der Waals surface area contributed by atoms with Gasteiger partial charge >= 0.3 is 0 Å². The molecule has 112 valence electrons. The Morgan fingerprint density at radius 3 is 2.70 bits per heavy atom. The molecule has 0 aromatic carbocycles. The van der Waals surface area contributed by atoms with Gasteiger partial charge in [-0.15, -0.1) is 0 Å². The van der Waals surface area contributed by atoms with E-state index in [1.54, 1.807) is 0 Å². The van der Waals surface area contributed by atoms with Crippen molar-refractivity contribution in [3.63, 3.8) is 0 Å². The summed E-state index contributed by atoms with van der Waals surface area (Å²) in [5.41, 5.74) is 7.58. The maximum absolute atomic E-state index is 12.5. The summed E-state index contributed by atoms with van der Waals surface area (Å²) in [7, 11) is 1.90. The highest BCUT2D eigenvalue weighted by Gasteiger charge is 2.30. The molecule has 0 spiro atoms. The second-order valence-corrected chi connectivity index (χ2v) is 5.83. The van der Waals surface area contributed by atoms with Gasteiger partial charge in [0.1, 0.15) is 5.76 Å². The van der Waals surface area contributed by atoms with Crippen LogP contribution in [-0.2, 0) is 11.2 Å². The third-order valence-corrected chi connectivity index (χ3v) is 4.57. The maximum atomic E-state index is 12.5. The summed E-state index contributed by atoms with van der Waals surface area (Å²) in [6.45, 7) is 4.39. The van der Waals surface area contributed by atoms with Crippen LogP contribution in [-0.4, -0.2) is 35.6 Å². The zero-order valence-electron chi connectivity index (χ0n) is 12.7. The zero-order valence-corrected chi connectivity index (χ0v) is 12.7. The SMILES string of the molecule is Cc1noc(C)c1CC(=O)N(C)C1CCCCC1CN. The standard InChI is InChI=1S/C15H25N3O2/c1-10-13(11(2)20-17-10)8-15(19)18(3)14-7-5-4-6-12(14)9-16/h12,14H,4-9,16H2,1-3H3. The Kier molecular flexibility index (Phi) is 4.81. The van der Waals surface area contributed by atoms with Crippen LogP contribution in [0.1, 0.15) is 42.7 Å². The van der Waals surface area contributed by atoms with Crippen molar-refractivity contribution in [1.82, 2.24) is 10.1 Å². The molecule has 2 atom stereocenters. The van der Waals surface area contributed by atoms with E-state index >= 15 is 0 Å². The molecule has 1 aromatic heterocycles. The summed E-state index contributed by atoms with van der Waals surface area (Å²) in [4.78, 5) is 14.4. The number of aromatic nitrogens is 1. The van der Waals surface area contributed by atoms with Gasteiger partial charge in [0.25, 0.3) is 0 Å². The first kappa shape index (κ1) is 15.0. The van der Waals surface area contributed by atoms with E-state index in [1.165, 1.54) is 12.8 Å². The average Bonchev–Trinajstić information content (AvgIpc) is 2.78. The molecule has 1 heterocycles. The van der Waals surface area contributed by atoms with Crippen LogP contribution in [0.2, 0.25) is 0 Å². The fourth-order valence-corrected chi connectivity index (χ4v) is 3.19. The quantitative estimate of drug-likeness (QED) is 0.912. The lowest BCUT2D eigenvalue weighted by Crippen LogP contribution is -2.46. The summed E-state index contributed by atoms with van der Waals surface area (Å²) in [5.74, 6) is 1.30. The molecule has 1 amide bonds. The van der Waals surface area contributed by atoms with Crippen LogP contribution in [0, 0.1) is 19.8 Å². The Balaban J connectivity index is 2.04. The van der Waals surface area contributed by atoms with Gasteiger partial charge in [0.2, 0.25) is 5.91 Å². The van der Waals surface area contributed by atoms with Crippen LogP contribution in [0.5, 0.6) is 0 Å². The van der Waals surface area contributed by atoms with Crippen LogP contribution >= 0.6 is 0 Å². The molecule has 1 aliphatic carbocycles. The molecular formula is C15H25N3O2. The van der Waals surface area contributed by atoms with E-state index in [0.717, 1.165) is 29.9 Å². The number of likely N-dealkylation sites (N-methyl/N-ethyl adjacent to an activating group) is 1. The van der Waals surface area contributed by atoms with Gasteiger partial charge in [0.15, 0.2) is 0 Å². The van der Waals surface area contributed by atoms with Crippen molar-refractivity contribution in [2.75, 3.05) is 13.6 Å². The van der Waals surface area contributed by atoms with Crippen molar-refractivity contribution in [3.05, 3.63) is 17.0 Å². The highest BCUT2D eigenvalue weighted by atomic mass is 16.5. The monoisotopic (exact) mass is 279 g/mol. The lowest BCUT2D eigenvalue weighted by atomic mass is 9.83. The maximum Gasteiger partial charge on any atom is 0.227 e. The number of nitrogens with two attached hydrogens (primary N) is 1. The minimum absolute atomic E-state index is 0.129. The van der Waals surface area contributed by atoms with Gasteiger partial charge in [-0.1, -0.05) is 18.0 Å². The molecule has 2 unspecified atom stereocenters. The first-order valence-corrected chi connectivity index (χ1v) is 7.42. The number of aryl methyl sites for hydroxylation is 2. The first-order valence-electron chi connectivity index (χ1n) is 7.42. The van der Waals surface area contributed by atoms with Crippen molar-refractivity contribution in [2.24, 2.45) is 11.7 Å². The molecular weight excluding hydrogens is 254 g/mol. The van der Waals surface area contributed by atoms with Crippen molar-refractivity contribution in [2.45, 2.75) is 52.0 Å². The minimum atomic E-state index is 0.129. The summed E-state index contributed by atoms with van der Waals surface area (Å²) >= 11 is 0. The number of amides is 1. The second-order valence-electron chi connectivity index (χ2n) is 5.83. The predicted octanol–water partition coefficient (Wildman–Crippen LogP) is 1.81. The highest BCUT2D eigenvalue weighted by molar-refractivity contribution is 5.79. The molecule has 0 bridgehead atoms. The molecule has 0 saturated heterocycles. The van der Waals surface area contributed by atoms with Crippen molar-refractivity contribution >= 4 is 5.91 Å². The van der Waals surface area contributed by atoms with Crippen LogP contribution < -0.4 is 5.73 Å². The number of nitrogens with zero attached hydrogens (tertiary/aromatic N) is 2. The number of carbonyl (C=O) groups is 1. The molecule has 1 aromatic rings. The van der Waals surface area contributed by atoms with E-state index in [0.29, 0.717) is 18.9 Å². The molecule has 5 heteroatoms. The number of hydrogen-bond donors (Lipinski definition) is 1. The normalized spacial score (nSPS) is 22.8. The summed E-state index contributed by atoms with van der Waals surface area (Å²) in [5, 5.41) is 3.91. The molecule has 0 radical (unpaired) electrons. The van der Waals surface area contributed by atoms with Gasteiger partial charge in [-0.05, 0) is 39.2 Å². The predicted molar refractivity (Wildman–Crippen MR) is 77.3 cm³/mol. The Bertz CT molecular complexity index is 450. The average molecular weight is 279 g/mol. The summed E-state index contributed by atoms with van der Waals surface area (Å²) < 4.78 is 5.12. The van der Waals surface area contributed by atoms with Gasteiger partial charge in [-0.3, -0.25) is 4.79 Å². The van der Waals surface area contributed by atoms with Crippen LogP contribution in [0.15, 0.2) is 4.52 Å². The first-order chi connectivity index (χ1) is 9.54. The van der Waals surface area contributed by atoms with E-state index in [-0.39, 0.29) is 11.9 Å². The summed E-state index contributed by atoms with van der Waals surface area (Å²) in [6, 6.07) is 0.279. The van der Waals surface area contributed by atoms with E-state index in [4.69, 9.17) is 10.3 Å². The lowest BCUT2D eigenvalue weighted by Gasteiger charge is -2.37. The van der Waals surface area contributed by atoms with Gasteiger partial charge in [0, 0.05) is 18.7 Å². The van der Waals surface area contributed by atoms with Gasteiger partial charge in [0.05, 0.1) is 12.1 Å². The largest absolute Gasteiger partial charge is 0.361 e. The molecule has 1 saturated carbocycles. The van der Waals surface area contributed by atoms with Gasteiger partial charge < -0.3 is 15.2 Å². The molecule has 2 N–H and O–H groups in total. The van der Waals surface area contributed by atoms with E-state index in [2.05, 4.69) is 5.16 Å². The number of rotatable bonds is 4. The van der Waals surface area contributed by atoms with Crippen molar-refractivity contribution in [3.8, 4) is 0 Å². The van der Waals surface area contributed by atoms with Crippen LogP contribution in [0.4, 0.5) is 0 Å². The molecule has 5 nitrogen and oxygen atoms in total. The Morgan fingerprint density at radius 1 is 1.40 bits per heavy atom. The molecule has 1 fully saturated rings. The van der Waals surface area contributed by atoms with Crippen molar-refractivity contribution < 1.29 is 9.32 Å². The fraction of sp³-hybridized carbons (Fsp3) is 0.733. The van der Waals surface area contributed by atoms with Gasteiger partial charge in [-0.2, -0.15) is 0 Å². The highest BCUT2D eigenvalue weighted by Crippen LogP contribution is 2.27. The zero-order chi connectivity index (χ0) is 14.7. The molecule has 0 aliphatic heterocycles. The molecule has 1 aliphatic rings. The third-order valence-electron chi connectivity index (χ3n) is 4.57. The van der Waals surface area contributed by atoms with Crippen LogP contribution in [0.25, 0.3) is 0 Å². The Hall–Kier alpha value is -1.36. The molecule has 20 heavy (non-hydrogen) atoms. The van der Waals surface area contributed by atoms with Crippen molar-refractivity contribution in [1.29, 1.82) is 0 Å².